The Hall–Kier alpha value is -2.37. The van der Waals surface area contributed by atoms with Crippen LogP contribution < -0.4 is 10.6 Å². The Morgan fingerprint density at radius 1 is 1.29 bits per heavy atom. The molecule has 0 spiro atoms. The lowest BCUT2D eigenvalue weighted by atomic mass is 10.1. The van der Waals surface area contributed by atoms with Gasteiger partial charge in [-0.2, -0.15) is 0 Å². The molecular formula is C15H17N3O3. The highest BCUT2D eigenvalue weighted by Gasteiger charge is 2.45. The molecule has 0 saturated carbocycles. The van der Waals surface area contributed by atoms with Gasteiger partial charge in [0.1, 0.15) is 12.1 Å². The van der Waals surface area contributed by atoms with Crippen molar-refractivity contribution in [2.75, 3.05) is 6.54 Å². The average Bonchev–Trinajstić information content (AvgIpc) is 2.90. The normalized spacial score (nSPS) is 28.0. The lowest BCUT2D eigenvalue weighted by Gasteiger charge is -2.32. The first-order valence-corrected chi connectivity index (χ1v) is 7.03. The lowest BCUT2D eigenvalue weighted by molar-refractivity contribution is -0.146. The second-order valence-electron chi connectivity index (χ2n) is 5.51. The second kappa shape index (κ2) is 5.20. The number of carbonyl (C=O) groups excluding carboxylic acids is 3. The minimum absolute atomic E-state index is 0.0870. The van der Waals surface area contributed by atoms with Crippen molar-refractivity contribution in [3.05, 3.63) is 35.9 Å². The number of nitrogens with zero attached hydrogens (tertiary/aromatic N) is 1. The van der Waals surface area contributed by atoms with Crippen LogP contribution in [0.5, 0.6) is 0 Å². The largest absolute Gasteiger partial charge is 0.347 e. The molecule has 0 bridgehead atoms. The Kier molecular flexibility index (Phi) is 3.37. The molecule has 3 rings (SSSR count). The number of hydrogen-bond acceptors (Lipinski definition) is 3. The van der Waals surface area contributed by atoms with Crippen molar-refractivity contribution in [2.45, 2.75) is 31.5 Å². The molecule has 2 aliphatic rings. The Labute approximate surface area is 122 Å². The molecule has 3 amide bonds. The van der Waals surface area contributed by atoms with Crippen molar-refractivity contribution in [2.24, 2.45) is 0 Å². The summed E-state index contributed by atoms with van der Waals surface area (Å²) < 4.78 is 0. The van der Waals surface area contributed by atoms with Crippen molar-refractivity contribution >= 4 is 17.7 Å². The fraction of sp³-hybridized carbons (Fsp3) is 0.400. The van der Waals surface area contributed by atoms with Crippen molar-refractivity contribution < 1.29 is 14.4 Å². The number of nitrogens with one attached hydrogen (secondary N) is 2. The Balaban J connectivity index is 1.68. The number of carbonyl (C=O) groups is 3. The van der Waals surface area contributed by atoms with E-state index in [2.05, 4.69) is 10.6 Å². The van der Waals surface area contributed by atoms with Gasteiger partial charge in [-0.15, -0.1) is 0 Å². The molecule has 21 heavy (non-hydrogen) atoms. The molecule has 2 saturated heterocycles. The molecule has 0 unspecified atom stereocenters. The third kappa shape index (κ3) is 2.49. The fourth-order valence-corrected chi connectivity index (χ4v) is 2.91. The van der Waals surface area contributed by atoms with Gasteiger partial charge in [-0.05, 0) is 25.5 Å². The van der Waals surface area contributed by atoms with E-state index in [4.69, 9.17) is 0 Å². The zero-order valence-corrected chi connectivity index (χ0v) is 11.7. The summed E-state index contributed by atoms with van der Waals surface area (Å²) in [5, 5.41) is 5.56. The van der Waals surface area contributed by atoms with Gasteiger partial charge in [0.15, 0.2) is 0 Å². The summed E-state index contributed by atoms with van der Waals surface area (Å²) >= 11 is 0. The number of hydrogen-bond donors (Lipinski definition) is 2. The van der Waals surface area contributed by atoms with Gasteiger partial charge >= 0.3 is 0 Å². The Bertz CT molecular complexity index is 587. The van der Waals surface area contributed by atoms with Gasteiger partial charge in [-0.1, -0.05) is 18.2 Å². The van der Waals surface area contributed by atoms with E-state index < -0.39 is 12.1 Å². The molecule has 2 aliphatic heterocycles. The minimum Gasteiger partial charge on any atom is -0.347 e. The van der Waals surface area contributed by atoms with E-state index in [9.17, 15) is 14.4 Å². The number of piperazine rings is 1. The van der Waals surface area contributed by atoms with E-state index in [1.54, 1.807) is 36.1 Å². The summed E-state index contributed by atoms with van der Waals surface area (Å²) in [7, 11) is 0. The third-order valence-corrected chi connectivity index (χ3v) is 3.99. The first kappa shape index (κ1) is 13.6. The standard InChI is InChI=1S/C15H17N3O3/c1-9-15(21)18-8-11(7-12(18)14(20)16-9)17-13(19)10-5-3-2-4-6-10/h2-6,9,11-12H,7-8H2,1H3,(H,16,20)(H,17,19)/t9-,11+,12+/m1/s1. The van der Waals surface area contributed by atoms with Crippen LogP contribution in [0.15, 0.2) is 30.3 Å². The molecule has 0 radical (unpaired) electrons. The van der Waals surface area contributed by atoms with Gasteiger partial charge in [0, 0.05) is 18.2 Å². The number of rotatable bonds is 2. The van der Waals surface area contributed by atoms with E-state index in [1.807, 2.05) is 6.07 Å². The number of amides is 3. The van der Waals surface area contributed by atoms with Gasteiger partial charge in [0.25, 0.3) is 5.91 Å². The summed E-state index contributed by atoms with van der Waals surface area (Å²) in [4.78, 5) is 37.7. The third-order valence-electron chi connectivity index (χ3n) is 3.99. The molecule has 2 N–H and O–H groups in total. The number of benzene rings is 1. The van der Waals surface area contributed by atoms with Crippen LogP contribution in [-0.4, -0.2) is 47.3 Å². The molecule has 1 aromatic carbocycles. The van der Waals surface area contributed by atoms with Crippen LogP contribution in [0.25, 0.3) is 0 Å². The van der Waals surface area contributed by atoms with Crippen molar-refractivity contribution in [3.63, 3.8) is 0 Å². The van der Waals surface area contributed by atoms with Crippen molar-refractivity contribution in [1.82, 2.24) is 15.5 Å². The summed E-state index contributed by atoms with van der Waals surface area (Å²) in [6.45, 7) is 2.06. The predicted molar refractivity (Wildman–Crippen MR) is 75.4 cm³/mol. The summed E-state index contributed by atoms with van der Waals surface area (Å²) in [5.74, 6) is -0.407. The highest BCUT2D eigenvalue weighted by atomic mass is 16.2. The highest BCUT2D eigenvalue weighted by Crippen LogP contribution is 2.22. The average molecular weight is 287 g/mol. The topological polar surface area (TPSA) is 78.5 Å². The maximum Gasteiger partial charge on any atom is 0.251 e. The summed E-state index contributed by atoms with van der Waals surface area (Å²) in [5.41, 5.74) is 0.575. The van der Waals surface area contributed by atoms with E-state index in [0.717, 1.165) is 0 Å². The van der Waals surface area contributed by atoms with Crippen molar-refractivity contribution in [3.8, 4) is 0 Å². The summed E-state index contributed by atoms with van der Waals surface area (Å²) in [6, 6.07) is 7.76. The Morgan fingerprint density at radius 3 is 2.71 bits per heavy atom. The zero-order chi connectivity index (χ0) is 15.0. The molecular weight excluding hydrogens is 270 g/mol. The maximum atomic E-state index is 12.1. The van der Waals surface area contributed by atoms with Crippen LogP contribution in [-0.2, 0) is 9.59 Å². The minimum atomic E-state index is -0.489. The molecule has 0 aromatic heterocycles. The maximum absolute atomic E-state index is 12.1. The number of fused-ring (bicyclic) bond motifs is 1. The zero-order valence-electron chi connectivity index (χ0n) is 11.7. The van der Waals surface area contributed by atoms with Gasteiger partial charge < -0.3 is 15.5 Å². The van der Waals surface area contributed by atoms with Gasteiger partial charge in [-0.3, -0.25) is 14.4 Å². The van der Waals surface area contributed by atoms with Crippen molar-refractivity contribution in [1.29, 1.82) is 0 Å². The lowest BCUT2D eigenvalue weighted by Crippen LogP contribution is -2.60. The van der Waals surface area contributed by atoms with Crippen LogP contribution in [0.2, 0.25) is 0 Å². The van der Waals surface area contributed by atoms with Crippen LogP contribution in [0.1, 0.15) is 23.7 Å². The van der Waals surface area contributed by atoms with E-state index >= 15 is 0 Å². The molecule has 0 aliphatic carbocycles. The van der Waals surface area contributed by atoms with Gasteiger partial charge in [0.2, 0.25) is 11.8 Å². The van der Waals surface area contributed by atoms with Crippen LogP contribution in [0.3, 0.4) is 0 Å². The Morgan fingerprint density at radius 2 is 2.00 bits per heavy atom. The molecule has 110 valence electrons. The molecule has 6 nitrogen and oxygen atoms in total. The van der Waals surface area contributed by atoms with Crippen LogP contribution in [0, 0.1) is 0 Å². The quantitative estimate of drug-likeness (QED) is 0.797. The predicted octanol–water partition coefficient (Wildman–Crippen LogP) is -0.0958. The molecule has 2 heterocycles. The van der Waals surface area contributed by atoms with E-state index in [-0.39, 0.29) is 23.8 Å². The molecule has 3 atom stereocenters. The van der Waals surface area contributed by atoms with E-state index in [0.29, 0.717) is 18.5 Å². The molecule has 6 heteroatoms. The highest BCUT2D eigenvalue weighted by molar-refractivity contribution is 5.98. The SMILES string of the molecule is C[C@H]1NC(=O)[C@@H]2C[C@H](NC(=O)c3ccccc3)CN2C1=O. The fourth-order valence-electron chi connectivity index (χ4n) is 2.91. The van der Waals surface area contributed by atoms with Crippen LogP contribution >= 0.6 is 0 Å². The van der Waals surface area contributed by atoms with E-state index in [1.165, 1.54) is 0 Å². The van der Waals surface area contributed by atoms with Gasteiger partial charge in [0.05, 0.1) is 0 Å². The first-order valence-electron chi connectivity index (χ1n) is 7.03. The first-order chi connectivity index (χ1) is 10.1. The summed E-state index contributed by atoms with van der Waals surface area (Å²) in [6.07, 6.45) is 0.461. The smallest absolute Gasteiger partial charge is 0.251 e. The van der Waals surface area contributed by atoms with Gasteiger partial charge in [-0.25, -0.2) is 0 Å². The molecule has 2 fully saturated rings. The second-order valence-corrected chi connectivity index (χ2v) is 5.51. The van der Waals surface area contributed by atoms with Crippen LogP contribution in [0.4, 0.5) is 0 Å². The molecule has 1 aromatic rings. The monoisotopic (exact) mass is 287 g/mol.